The maximum absolute atomic E-state index is 7.19. The van der Waals surface area contributed by atoms with Crippen LogP contribution in [0.2, 0.25) is 0 Å². The lowest BCUT2D eigenvalue weighted by molar-refractivity contribution is 0.0643. The van der Waals surface area contributed by atoms with E-state index in [0.29, 0.717) is 26.4 Å². The summed E-state index contributed by atoms with van der Waals surface area (Å²) in [6.45, 7) is 9.05. The van der Waals surface area contributed by atoms with Crippen molar-refractivity contribution in [3.8, 4) is 0 Å². The van der Waals surface area contributed by atoms with Crippen molar-refractivity contribution in [2.24, 2.45) is 0 Å². The Labute approximate surface area is 126 Å². The summed E-state index contributed by atoms with van der Waals surface area (Å²) < 4.78 is 11.2. The highest BCUT2D eigenvalue weighted by Crippen LogP contribution is 2.05. The van der Waals surface area contributed by atoms with E-state index in [9.17, 15) is 0 Å². The molecule has 0 amide bonds. The normalized spacial score (nSPS) is 10.5. The molecule has 0 radical (unpaired) electrons. The molecule has 0 bridgehead atoms. The molecule has 2 aromatic carbocycles. The van der Waals surface area contributed by atoms with Crippen LogP contribution in [0.4, 0.5) is 0 Å². The lowest BCUT2D eigenvalue weighted by Gasteiger charge is -2.08. The number of benzene rings is 2. The van der Waals surface area contributed by atoms with Gasteiger partial charge in [0.15, 0.2) is 0 Å². The van der Waals surface area contributed by atoms with Crippen LogP contribution >= 0.6 is 0 Å². The van der Waals surface area contributed by atoms with Gasteiger partial charge in [-0.2, -0.15) is 0 Å². The van der Waals surface area contributed by atoms with Gasteiger partial charge in [-0.25, -0.2) is 6.57 Å². The zero-order valence-corrected chi connectivity index (χ0v) is 11.9. The summed E-state index contributed by atoms with van der Waals surface area (Å²) in [7, 11) is 0. The van der Waals surface area contributed by atoms with Gasteiger partial charge in [0, 0.05) is 0 Å². The molecule has 2 rings (SSSR count). The summed E-state index contributed by atoms with van der Waals surface area (Å²) in [4.78, 5) is 3.55. The van der Waals surface area contributed by atoms with Gasteiger partial charge in [-0.15, -0.1) is 0 Å². The van der Waals surface area contributed by atoms with E-state index in [2.05, 4.69) is 4.85 Å². The average molecular weight is 281 g/mol. The summed E-state index contributed by atoms with van der Waals surface area (Å²) in [6.07, 6.45) is 0. The summed E-state index contributed by atoms with van der Waals surface area (Å²) in [5.41, 5.74) is 2.23. The number of hydrogen-bond donors (Lipinski definition) is 0. The maximum atomic E-state index is 7.19. The third kappa shape index (κ3) is 5.78. The van der Waals surface area contributed by atoms with Crippen LogP contribution in [0.15, 0.2) is 60.7 Å². The average Bonchev–Trinajstić information content (AvgIpc) is 2.55. The molecule has 0 fully saturated rings. The van der Waals surface area contributed by atoms with Gasteiger partial charge in [-0.1, -0.05) is 60.7 Å². The van der Waals surface area contributed by atoms with Crippen LogP contribution in [0.3, 0.4) is 0 Å². The van der Waals surface area contributed by atoms with Crippen molar-refractivity contribution < 1.29 is 9.47 Å². The molecule has 3 heteroatoms. The summed E-state index contributed by atoms with van der Waals surface area (Å²) in [6, 6.07) is 19.7. The van der Waals surface area contributed by atoms with Crippen LogP contribution in [-0.4, -0.2) is 19.3 Å². The molecule has 108 valence electrons. The van der Waals surface area contributed by atoms with Gasteiger partial charge in [0.25, 0.3) is 6.04 Å². The molecule has 0 unspecified atom stereocenters. The van der Waals surface area contributed by atoms with Gasteiger partial charge in [0.05, 0.1) is 13.2 Å². The third-order valence-electron chi connectivity index (χ3n) is 3.03. The van der Waals surface area contributed by atoms with Crippen LogP contribution in [0, 0.1) is 6.57 Å². The second-order valence-corrected chi connectivity index (χ2v) is 4.78. The van der Waals surface area contributed by atoms with Crippen LogP contribution in [-0.2, 0) is 22.7 Å². The van der Waals surface area contributed by atoms with Gasteiger partial charge >= 0.3 is 0 Å². The van der Waals surface area contributed by atoms with Gasteiger partial charge in [-0.05, 0) is 11.1 Å². The smallest absolute Gasteiger partial charge is 0.269 e. The first kappa shape index (κ1) is 15.2. The molecular formula is C18H19NO2. The second-order valence-electron chi connectivity index (χ2n) is 4.78. The highest BCUT2D eigenvalue weighted by molar-refractivity contribution is 5.14. The predicted octanol–water partition coefficient (Wildman–Crippen LogP) is 3.71. The number of hydrogen-bond acceptors (Lipinski definition) is 2. The summed E-state index contributed by atoms with van der Waals surface area (Å²) in [5, 5.41) is 0. The molecule has 3 nitrogen and oxygen atoms in total. The second kappa shape index (κ2) is 8.91. The van der Waals surface area contributed by atoms with Crippen molar-refractivity contribution in [3.63, 3.8) is 0 Å². The molecule has 21 heavy (non-hydrogen) atoms. The van der Waals surface area contributed by atoms with E-state index < -0.39 is 0 Å². The Morgan fingerprint density at radius 1 is 0.762 bits per heavy atom. The predicted molar refractivity (Wildman–Crippen MR) is 82.6 cm³/mol. The first-order valence-electron chi connectivity index (χ1n) is 6.98. The fraction of sp³-hybridized carbons (Fsp3) is 0.278. The monoisotopic (exact) mass is 281 g/mol. The van der Waals surface area contributed by atoms with Crippen molar-refractivity contribution in [2.75, 3.05) is 13.2 Å². The lowest BCUT2D eigenvalue weighted by atomic mass is 10.2. The standard InChI is InChI=1S/C18H19NO2/c1-19-18(14-20-12-16-8-4-2-5-9-16)15-21-13-17-10-6-3-7-11-17/h2-11,18H,12-15H2. The Kier molecular flexibility index (Phi) is 6.47. The number of ether oxygens (including phenoxy) is 2. The van der Waals surface area contributed by atoms with E-state index in [4.69, 9.17) is 16.0 Å². The molecule has 0 heterocycles. The molecule has 0 spiro atoms. The Hall–Kier alpha value is -2.15. The molecular weight excluding hydrogens is 262 g/mol. The molecule has 0 aliphatic carbocycles. The fourth-order valence-electron chi connectivity index (χ4n) is 1.90. The molecule has 0 aromatic heterocycles. The van der Waals surface area contributed by atoms with Gasteiger partial charge in [0.2, 0.25) is 0 Å². The molecule has 0 N–H and O–H groups in total. The van der Waals surface area contributed by atoms with Gasteiger partial charge in [-0.3, -0.25) is 0 Å². The van der Waals surface area contributed by atoms with E-state index >= 15 is 0 Å². The van der Waals surface area contributed by atoms with Crippen LogP contribution in [0.1, 0.15) is 11.1 Å². The van der Waals surface area contributed by atoms with Crippen molar-refractivity contribution in [1.29, 1.82) is 0 Å². The zero-order chi connectivity index (χ0) is 14.8. The van der Waals surface area contributed by atoms with Crippen molar-refractivity contribution >= 4 is 0 Å². The van der Waals surface area contributed by atoms with Crippen molar-refractivity contribution in [1.82, 2.24) is 0 Å². The van der Waals surface area contributed by atoms with E-state index in [-0.39, 0.29) is 6.04 Å². The fourth-order valence-corrected chi connectivity index (χ4v) is 1.90. The Morgan fingerprint density at radius 2 is 1.19 bits per heavy atom. The third-order valence-corrected chi connectivity index (χ3v) is 3.03. The van der Waals surface area contributed by atoms with E-state index in [1.165, 1.54) is 0 Å². The van der Waals surface area contributed by atoms with Crippen molar-refractivity contribution in [2.45, 2.75) is 19.3 Å². The minimum absolute atomic E-state index is 0.252. The minimum Gasteiger partial charge on any atom is -0.369 e. The highest BCUT2D eigenvalue weighted by atomic mass is 16.5. The molecule has 2 aromatic rings. The van der Waals surface area contributed by atoms with Crippen LogP contribution < -0.4 is 0 Å². The summed E-state index contributed by atoms with van der Waals surface area (Å²) >= 11 is 0. The molecule has 0 aliphatic heterocycles. The Balaban J connectivity index is 1.65. The van der Waals surface area contributed by atoms with E-state index in [1.54, 1.807) is 0 Å². The first-order valence-corrected chi connectivity index (χ1v) is 6.98. The Bertz CT molecular complexity index is 503. The first-order chi connectivity index (χ1) is 10.4. The topological polar surface area (TPSA) is 22.8 Å². The van der Waals surface area contributed by atoms with Crippen molar-refractivity contribution in [3.05, 3.63) is 83.2 Å². The van der Waals surface area contributed by atoms with Gasteiger partial charge in [0.1, 0.15) is 13.2 Å². The molecule has 0 atom stereocenters. The molecule has 0 saturated heterocycles. The quantitative estimate of drug-likeness (QED) is 0.688. The van der Waals surface area contributed by atoms with Crippen LogP contribution in [0.5, 0.6) is 0 Å². The summed E-state index contributed by atoms with van der Waals surface area (Å²) in [5.74, 6) is 0. The van der Waals surface area contributed by atoms with E-state index in [0.717, 1.165) is 11.1 Å². The minimum atomic E-state index is -0.252. The van der Waals surface area contributed by atoms with Crippen LogP contribution in [0.25, 0.3) is 4.85 Å². The molecule has 0 saturated carbocycles. The lowest BCUT2D eigenvalue weighted by Crippen LogP contribution is -2.18. The molecule has 0 aliphatic rings. The highest BCUT2D eigenvalue weighted by Gasteiger charge is 2.13. The number of rotatable bonds is 8. The maximum Gasteiger partial charge on any atom is 0.269 e. The Morgan fingerprint density at radius 3 is 1.57 bits per heavy atom. The zero-order valence-electron chi connectivity index (χ0n) is 11.9. The van der Waals surface area contributed by atoms with E-state index in [1.807, 2.05) is 60.7 Å². The van der Waals surface area contributed by atoms with Gasteiger partial charge < -0.3 is 14.3 Å². The number of nitrogens with zero attached hydrogens (tertiary/aromatic N) is 1. The SMILES string of the molecule is [C-]#[N+]C(COCc1ccccc1)COCc1ccccc1. The largest absolute Gasteiger partial charge is 0.369 e.